The third-order valence-electron chi connectivity index (χ3n) is 4.48. The average Bonchev–Trinajstić information content (AvgIpc) is 2.50. The van der Waals surface area contributed by atoms with Crippen LogP contribution in [0.3, 0.4) is 0 Å². The van der Waals surface area contributed by atoms with Crippen molar-refractivity contribution in [3.63, 3.8) is 0 Å². The molecule has 0 saturated carbocycles. The van der Waals surface area contributed by atoms with Gasteiger partial charge in [-0.05, 0) is 45.2 Å². The van der Waals surface area contributed by atoms with Crippen molar-refractivity contribution in [2.75, 3.05) is 32.8 Å². The summed E-state index contributed by atoms with van der Waals surface area (Å²) >= 11 is 0. The number of hydrogen-bond donors (Lipinski definition) is 2. The van der Waals surface area contributed by atoms with Crippen LogP contribution in [0.5, 0.6) is 0 Å². The molecule has 1 fully saturated rings. The topological polar surface area (TPSA) is 61.8 Å². The van der Waals surface area contributed by atoms with Crippen LogP contribution < -0.4 is 5.32 Å². The second-order valence-electron chi connectivity index (χ2n) is 5.97. The van der Waals surface area contributed by atoms with Gasteiger partial charge in [0.1, 0.15) is 5.54 Å². The molecule has 0 spiro atoms. The van der Waals surface area contributed by atoms with Gasteiger partial charge in [0, 0.05) is 13.1 Å². The average molecular weight is 300 g/mol. The van der Waals surface area contributed by atoms with Crippen LogP contribution in [0.2, 0.25) is 0 Å². The molecule has 2 unspecified atom stereocenters. The van der Waals surface area contributed by atoms with Gasteiger partial charge in [-0.15, -0.1) is 0 Å². The largest absolute Gasteiger partial charge is 0.480 e. The first kappa shape index (κ1) is 18.4. The van der Waals surface area contributed by atoms with E-state index >= 15 is 0 Å². The van der Waals surface area contributed by atoms with Crippen molar-refractivity contribution in [1.29, 1.82) is 0 Å². The van der Waals surface area contributed by atoms with Gasteiger partial charge in [-0.2, -0.15) is 0 Å². The third-order valence-corrected chi connectivity index (χ3v) is 4.48. The molecule has 0 aromatic rings. The van der Waals surface area contributed by atoms with Crippen LogP contribution in [0.4, 0.5) is 0 Å². The van der Waals surface area contributed by atoms with E-state index in [9.17, 15) is 9.90 Å². The number of nitrogens with zero attached hydrogens (tertiary/aromatic N) is 1. The minimum absolute atomic E-state index is 0.340. The first-order chi connectivity index (χ1) is 10.1. The smallest absolute Gasteiger partial charge is 0.323 e. The Bertz CT molecular complexity index is 312. The van der Waals surface area contributed by atoms with E-state index < -0.39 is 11.5 Å². The number of aliphatic carboxylic acids is 1. The first-order valence-electron chi connectivity index (χ1n) is 8.40. The number of hydrogen-bond acceptors (Lipinski definition) is 4. The molecule has 5 heteroatoms. The Kier molecular flexibility index (Phi) is 8.22. The minimum atomic E-state index is -0.757. The zero-order chi connectivity index (χ0) is 15.7. The van der Waals surface area contributed by atoms with Crippen molar-refractivity contribution in [2.45, 2.75) is 64.5 Å². The molecule has 1 saturated heterocycles. The van der Waals surface area contributed by atoms with E-state index in [0.717, 1.165) is 52.0 Å². The maximum absolute atomic E-state index is 11.6. The van der Waals surface area contributed by atoms with Gasteiger partial charge in [-0.1, -0.05) is 20.8 Å². The molecule has 0 aromatic heterocycles. The molecule has 2 N–H and O–H groups in total. The van der Waals surface area contributed by atoms with Crippen LogP contribution in [-0.2, 0) is 9.53 Å². The number of carboxylic acid groups (broad SMARTS) is 1. The van der Waals surface area contributed by atoms with Crippen LogP contribution in [0.25, 0.3) is 0 Å². The van der Waals surface area contributed by atoms with Gasteiger partial charge < -0.3 is 15.2 Å². The SMILES string of the molecule is CCCNC(CC)(CCCN1CCOC(CC)C1)C(=O)O. The van der Waals surface area contributed by atoms with Gasteiger partial charge in [0.05, 0.1) is 12.7 Å². The molecule has 0 amide bonds. The first-order valence-corrected chi connectivity index (χ1v) is 8.40. The molecule has 2 atom stereocenters. The Morgan fingerprint density at radius 2 is 2.19 bits per heavy atom. The summed E-state index contributed by atoms with van der Waals surface area (Å²) in [5.74, 6) is -0.716. The highest BCUT2D eigenvalue weighted by Gasteiger charge is 2.35. The Balaban J connectivity index is 2.43. The molecule has 1 rings (SSSR count). The predicted octanol–water partition coefficient (Wildman–Crippen LogP) is 2.11. The van der Waals surface area contributed by atoms with E-state index in [1.54, 1.807) is 0 Å². The van der Waals surface area contributed by atoms with E-state index in [1.165, 1.54) is 0 Å². The molecule has 0 radical (unpaired) electrons. The summed E-state index contributed by atoms with van der Waals surface area (Å²) in [6.45, 7) is 10.6. The van der Waals surface area contributed by atoms with Gasteiger partial charge in [0.15, 0.2) is 0 Å². The van der Waals surface area contributed by atoms with Crippen molar-refractivity contribution < 1.29 is 14.6 Å². The number of nitrogens with one attached hydrogen (secondary N) is 1. The number of carbonyl (C=O) groups is 1. The fourth-order valence-corrected chi connectivity index (χ4v) is 2.92. The molecule has 1 aliphatic rings. The summed E-state index contributed by atoms with van der Waals surface area (Å²) in [4.78, 5) is 14.0. The van der Waals surface area contributed by atoms with Gasteiger partial charge in [-0.3, -0.25) is 9.69 Å². The maximum Gasteiger partial charge on any atom is 0.323 e. The van der Waals surface area contributed by atoms with Crippen LogP contribution in [-0.4, -0.2) is 60.4 Å². The van der Waals surface area contributed by atoms with Gasteiger partial charge in [-0.25, -0.2) is 0 Å². The fraction of sp³-hybridized carbons (Fsp3) is 0.938. The Morgan fingerprint density at radius 3 is 2.76 bits per heavy atom. The highest BCUT2D eigenvalue weighted by atomic mass is 16.5. The predicted molar refractivity (Wildman–Crippen MR) is 84.7 cm³/mol. The maximum atomic E-state index is 11.6. The lowest BCUT2D eigenvalue weighted by Crippen LogP contribution is -2.52. The van der Waals surface area contributed by atoms with Crippen molar-refractivity contribution in [3.8, 4) is 0 Å². The van der Waals surface area contributed by atoms with E-state index in [1.807, 2.05) is 6.92 Å². The van der Waals surface area contributed by atoms with Gasteiger partial charge in [0.2, 0.25) is 0 Å². The standard InChI is InChI=1S/C16H32N2O3/c1-4-9-17-16(6-3,15(19)20)8-7-10-18-11-12-21-14(5-2)13-18/h14,17H,4-13H2,1-3H3,(H,19,20). The number of rotatable bonds is 10. The lowest BCUT2D eigenvalue weighted by atomic mass is 9.90. The molecule has 0 bridgehead atoms. The molecule has 0 aromatic carbocycles. The molecular formula is C16H32N2O3. The van der Waals surface area contributed by atoms with Gasteiger partial charge in [0.25, 0.3) is 0 Å². The van der Waals surface area contributed by atoms with Crippen molar-refractivity contribution >= 4 is 5.97 Å². The molecular weight excluding hydrogens is 268 g/mol. The third kappa shape index (κ3) is 5.57. The molecule has 21 heavy (non-hydrogen) atoms. The highest BCUT2D eigenvalue weighted by Crippen LogP contribution is 2.19. The summed E-state index contributed by atoms with van der Waals surface area (Å²) in [5.41, 5.74) is -0.757. The second kappa shape index (κ2) is 9.38. The summed E-state index contributed by atoms with van der Waals surface area (Å²) in [7, 11) is 0. The number of carboxylic acids is 1. The summed E-state index contributed by atoms with van der Waals surface area (Å²) in [6, 6.07) is 0. The zero-order valence-electron chi connectivity index (χ0n) is 13.9. The summed E-state index contributed by atoms with van der Waals surface area (Å²) in [6.07, 6.45) is 4.56. The Hall–Kier alpha value is -0.650. The van der Waals surface area contributed by atoms with E-state index in [4.69, 9.17) is 4.74 Å². The minimum Gasteiger partial charge on any atom is -0.480 e. The monoisotopic (exact) mass is 300 g/mol. The fourth-order valence-electron chi connectivity index (χ4n) is 2.92. The van der Waals surface area contributed by atoms with Crippen molar-refractivity contribution in [2.24, 2.45) is 0 Å². The Morgan fingerprint density at radius 1 is 1.43 bits per heavy atom. The number of morpholine rings is 1. The molecule has 1 aliphatic heterocycles. The molecule has 0 aliphatic carbocycles. The summed E-state index contributed by atoms with van der Waals surface area (Å²) < 4.78 is 5.67. The number of ether oxygens (including phenoxy) is 1. The van der Waals surface area contributed by atoms with Crippen LogP contribution >= 0.6 is 0 Å². The molecule has 124 valence electrons. The van der Waals surface area contributed by atoms with Crippen LogP contribution in [0.1, 0.15) is 52.9 Å². The quantitative estimate of drug-likeness (QED) is 0.647. The van der Waals surface area contributed by atoms with E-state index in [2.05, 4.69) is 24.1 Å². The van der Waals surface area contributed by atoms with E-state index in [-0.39, 0.29) is 0 Å². The second-order valence-corrected chi connectivity index (χ2v) is 5.97. The lowest BCUT2D eigenvalue weighted by molar-refractivity contribution is -0.145. The van der Waals surface area contributed by atoms with Gasteiger partial charge >= 0.3 is 5.97 Å². The Labute approximate surface area is 129 Å². The zero-order valence-corrected chi connectivity index (χ0v) is 13.9. The molecule has 1 heterocycles. The lowest BCUT2D eigenvalue weighted by Gasteiger charge is -2.34. The van der Waals surface area contributed by atoms with Crippen molar-refractivity contribution in [1.82, 2.24) is 10.2 Å². The highest BCUT2D eigenvalue weighted by molar-refractivity contribution is 5.78. The van der Waals surface area contributed by atoms with Crippen LogP contribution in [0.15, 0.2) is 0 Å². The molecule has 5 nitrogen and oxygen atoms in total. The van der Waals surface area contributed by atoms with Crippen LogP contribution in [0, 0.1) is 0 Å². The van der Waals surface area contributed by atoms with Crippen molar-refractivity contribution in [3.05, 3.63) is 0 Å². The normalized spacial score (nSPS) is 22.9. The van der Waals surface area contributed by atoms with E-state index in [0.29, 0.717) is 18.9 Å². The summed E-state index contributed by atoms with van der Waals surface area (Å²) in [5, 5.41) is 12.8.